The van der Waals surface area contributed by atoms with Gasteiger partial charge in [0.25, 0.3) is 5.91 Å². The van der Waals surface area contributed by atoms with Crippen molar-refractivity contribution in [2.24, 2.45) is 0 Å². The molecular formula is C21H26N2O. The summed E-state index contributed by atoms with van der Waals surface area (Å²) in [5.74, 6) is -0.0505. The maximum Gasteiger partial charge on any atom is 0.255 e. The average molecular weight is 322 g/mol. The number of rotatable bonds is 4. The van der Waals surface area contributed by atoms with Crippen molar-refractivity contribution in [2.45, 2.75) is 45.7 Å². The van der Waals surface area contributed by atoms with Crippen LogP contribution in [0.15, 0.2) is 48.5 Å². The highest BCUT2D eigenvalue weighted by Crippen LogP contribution is 2.20. The van der Waals surface area contributed by atoms with Crippen LogP contribution in [0.25, 0.3) is 0 Å². The molecule has 1 aliphatic rings. The van der Waals surface area contributed by atoms with Gasteiger partial charge in [0.15, 0.2) is 0 Å². The van der Waals surface area contributed by atoms with E-state index in [0.29, 0.717) is 6.04 Å². The second-order valence-corrected chi connectivity index (χ2v) is 6.78. The maximum absolute atomic E-state index is 12.4. The van der Waals surface area contributed by atoms with Crippen molar-refractivity contribution in [3.63, 3.8) is 0 Å². The van der Waals surface area contributed by atoms with Crippen molar-refractivity contribution >= 4 is 11.6 Å². The summed E-state index contributed by atoms with van der Waals surface area (Å²) in [7, 11) is 0. The third kappa shape index (κ3) is 4.04. The van der Waals surface area contributed by atoms with Crippen molar-refractivity contribution in [1.29, 1.82) is 0 Å². The SMILES string of the molecule is Cc1ccccc1C(=O)Nc1ccc(CN2CCCCC2C)cc1. The van der Waals surface area contributed by atoms with Crippen LogP contribution in [0.3, 0.4) is 0 Å². The van der Waals surface area contributed by atoms with Gasteiger partial charge in [-0.25, -0.2) is 0 Å². The highest BCUT2D eigenvalue weighted by atomic mass is 16.1. The standard InChI is InChI=1S/C21H26N2O/c1-16-7-3-4-9-20(16)21(24)22-19-12-10-18(11-13-19)15-23-14-6-5-8-17(23)2/h3-4,7,9-13,17H,5-6,8,14-15H2,1-2H3,(H,22,24). The molecule has 3 heteroatoms. The first-order valence-electron chi connectivity index (χ1n) is 8.83. The number of nitrogens with one attached hydrogen (secondary N) is 1. The molecule has 3 nitrogen and oxygen atoms in total. The molecule has 3 rings (SSSR count). The number of carbonyl (C=O) groups excluding carboxylic acids is 1. The molecular weight excluding hydrogens is 296 g/mol. The van der Waals surface area contributed by atoms with Crippen LogP contribution in [0.2, 0.25) is 0 Å². The Hall–Kier alpha value is -2.13. The minimum atomic E-state index is -0.0505. The fraction of sp³-hybridized carbons (Fsp3) is 0.381. The van der Waals surface area contributed by atoms with Gasteiger partial charge in [-0.05, 0) is 62.6 Å². The van der Waals surface area contributed by atoms with E-state index in [0.717, 1.165) is 23.4 Å². The first kappa shape index (κ1) is 16.7. The fourth-order valence-corrected chi connectivity index (χ4v) is 3.35. The Morgan fingerprint density at radius 1 is 1.12 bits per heavy atom. The van der Waals surface area contributed by atoms with E-state index >= 15 is 0 Å². The van der Waals surface area contributed by atoms with Crippen LogP contribution in [-0.2, 0) is 6.54 Å². The zero-order chi connectivity index (χ0) is 16.9. The van der Waals surface area contributed by atoms with E-state index in [2.05, 4.69) is 29.3 Å². The first-order chi connectivity index (χ1) is 11.6. The van der Waals surface area contributed by atoms with Gasteiger partial charge in [0.05, 0.1) is 0 Å². The molecule has 1 saturated heterocycles. The highest BCUT2D eigenvalue weighted by Gasteiger charge is 2.18. The van der Waals surface area contributed by atoms with Crippen LogP contribution < -0.4 is 5.32 Å². The molecule has 1 N–H and O–H groups in total. The molecule has 1 fully saturated rings. The second kappa shape index (κ2) is 7.63. The molecule has 0 radical (unpaired) electrons. The summed E-state index contributed by atoms with van der Waals surface area (Å²) in [4.78, 5) is 14.9. The number of amides is 1. The molecule has 0 saturated carbocycles. The minimum Gasteiger partial charge on any atom is -0.322 e. The van der Waals surface area contributed by atoms with Crippen LogP contribution in [0.1, 0.15) is 47.7 Å². The van der Waals surface area contributed by atoms with E-state index in [9.17, 15) is 4.79 Å². The van der Waals surface area contributed by atoms with Crippen molar-refractivity contribution < 1.29 is 4.79 Å². The molecule has 24 heavy (non-hydrogen) atoms. The van der Waals surface area contributed by atoms with E-state index < -0.39 is 0 Å². The lowest BCUT2D eigenvalue weighted by Gasteiger charge is -2.33. The third-order valence-corrected chi connectivity index (χ3v) is 4.93. The molecule has 0 aliphatic carbocycles. The molecule has 1 amide bonds. The van der Waals surface area contributed by atoms with Crippen LogP contribution in [0.5, 0.6) is 0 Å². The smallest absolute Gasteiger partial charge is 0.255 e. The summed E-state index contributed by atoms with van der Waals surface area (Å²) in [6, 6.07) is 16.6. The van der Waals surface area contributed by atoms with Crippen molar-refractivity contribution in [1.82, 2.24) is 4.90 Å². The summed E-state index contributed by atoms with van der Waals surface area (Å²) in [6.07, 6.45) is 3.95. The van der Waals surface area contributed by atoms with Crippen LogP contribution >= 0.6 is 0 Å². The number of hydrogen-bond acceptors (Lipinski definition) is 2. The predicted octanol–water partition coefficient (Wildman–Crippen LogP) is 4.62. The monoisotopic (exact) mass is 322 g/mol. The Morgan fingerprint density at radius 2 is 1.88 bits per heavy atom. The molecule has 2 aromatic rings. The average Bonchev–Trinajstić information content (AvgIpc) is 2.59. The minimum absolute atomic E-state index is 0.0505. The molecule has 2 aromatic carbocycles. The van der Waals surface area contributed by atoms with Gasteiger partial charge in [0.2, 0.25) is 0 Å². The van der Waals surface area contributed by atoms with Gasteiger partial charge >= 0.3 is 0 Å². The van der Waals surface area contributed by atoms with Gasteiger partial charge in [-0.2, -0.15) is 0 Å². The lowest BCUT2D eigenvalue weighted by molar-refractivity contribution is 0.102. The number of aryl methyl sites for hydroxylation is 1. The molecule has 1 unspecified atom stereocenters. The number of piperidine rings is 1. The van der Waals surface area contributed by atoms with Crippen LogP contribution in [0.4, 0.5) is 5.69 Å². The van der Waals surface area contributed by atoms with Crippen molar-refractivity contribution in [2.75, 3.05) is 11.9 Å². The summed E-state index contributed by atoms with van der Waals surface area (Å²) in [5.41, 5.74) is 3.87. The number of nitrogens with zero attached hydrogens (tertiary/aromatic N) is 1. The van der Waals surface area contributed by atoms with E-state index in [1.54, 1.807) is 0 Å². The molecule has 1 heterocycles. The number of anilines is 1. The normalized spacial score (nSPS) is 18.3. The number of hydrogen-bond donors (Lipinski definition) is 1. The van der Waals surface area contributed by atoms with Gasteiger partial charge in [-0.1, -0.05) is 36.8 Å². The summed E-state index contributed by atoms with van der Waals surface area (Å²) < 4.78 is 0. The fourth-order valence-electron chi connectivity index (χ4n) is 3.35. The highest BCUT2D eigenvalue weighted by molar-refractivity contribution is 6.05. The zero-order valence-electron chi connectivity index (χ0n) is 14.6. The molecule has 1 atom stereocenters. The van der Waals surface area contributed by atoms with Gasteiger partial charge in [0.1, 0.15) is 0 Å². The van der Waals surface area contributed by atoms with E-state index in [4.69, 9.17) is 0 Å². The quantitative estimate of drug-likeness (QED) is 0.890. The Bertz CT molecular complexity index is 693. The predicted molar refractivity (Wildman–Crippen MR) is 99.3 cm³/mol. The maximum atomic E-state index is 12.4. The molecule has 1 aliphatic heterocycles. The first-order valence-corrected chi connectivity index (χ1v) is 8.83. The number of benzene rings is 2. The number of carbonyl (C=O) groups is 1. The topological polar surface area (TPSA) is 32.3 Å². The van der Waals surface area contributed by atoms with Crippen molar-refractivity contribution in [3.05, 3.63) is 65.2 Å². The molecule has 126 valence electrons. The third-order valence-electron chi connectivity index (χ3n) is 4.93. The zero-order valence-corrected chi connectivity index (χ0v) is 14.6. The largest absolute Gasteiger partial charge is 0.322 e. The van der Waals surface area contributed by atoms with E-state index in [1.807, 2.05) is 43.3 Å². The Morgan fingerprint density at radius 3 is 2.58 bits per heavy atom. The summed E-state index contributed by atoms with van der Waals surface area (Å²) in [6.45, 7) is 6.45. The Labute approximate surface area is 144 Å². The Balaban J connectivity index is 1.62. The lowest BCUT2D eigenvalue weighted by Crippen LogP contribution is -2.36. The second-order valence-electron chi connectivity index (χ2n) is 6.78. The lowest BCUT2D eigenvalue weighted by atomic mass is 10.0. The van der Waals surface area contributed by atoms with Gasteiger partial charge in [-0.15, -0.1) is 0 Å². The summed E-state index contributed by atoms with van der Waals surface area (Å²) in [5, 5.41) is 2.99. The van der Waals surface area contributed by atoms with Gasteiger partial charge in [0, 0.05) is 23.8 Å². The van der Waals surface area contributed by atoms with Gasteiger partial charge < -0.3 is 5.32 Å². The summed E-state index contributed by atoms with van der Waals surface area (Å²) >= 11 is 0. The number of likely N-dealkylation sites (tertiary alicyclic amines) is 1. The van der Waals surface area contributed by atoms with Crippen LogP contribution in [-0.4, -0.2) is 23.4 Å². The Kier molecular flexibility index (Phi) is 5.31. The van der Waals surface area contributed by atoms with E-state index in [1.165, 1.54) is 31.4 Å². The van der Waals surface area contributed by atoms with Crippen molar-refractivity contribution in [3.8, 4) is 0 Å². The molecule has 0 spiro atoms. The van der Waals surface area contributed by atoms with E-state index in [-0.39, 0.29) is 5.91 Å². The van der Waals surface area contributed by atoms with Gasteiger partial charge in [-0.3, -0.25) is 9.69 Å². The van der Waals surface area contributed by atoms with Crippen LogP contribution in [0, 0.1) is 6.92 Å². The molecule has 0 aromatic heterocycles. The molecule has 0 bridgehead atoms.